The average Bonchev–Trinajstić information content (AvgIpc) is 2.19. The number of hydrogen-bond acceptors (Lipinski definition) is 2. The lowest BCUT2D eigenvalue weighted by molar-refractivity contribution is -0.195. The van der Waals surface area contributed by atoms with Gasteiger partial charge >= 0.3 is 18.1 Å². The van der Waals surface area contributed by atoms with E-state index in [0.29, 0.717) is 11.3 Å². The molecule has 17 heavy (non-hydrogen) atoms. The Morgan fingerprint density at radius 2 is 1.76 bits per heavy atom. The maximum Gasteiger partial charge on any atom is 0.471 e. The number of carbonyl (C=O) groups excluding carboxylic acids is 1. The number of amides is 1. The minimum absolute atomic E-state index is 0.0582. The van der Waals surface area contributed by atoms with Crippen LogP contribution in [0.2, 0.25) is 0 Å². The summed E-state index contributed by atoms with van der Waals surface area (Å²) in [6.07, 6.45) is -4.47. The zero-order valence-corrected chi connectivity index (χ0v) is 9.49. The maximum absolute atomic E-state index is 12.4. The van der Waals surface area contributed by atoms with Crippen LogP contribution < -0.4 is 0 Å². The molecular weight excluding hydrogens is 239 g/mol. The molecule has 0 aliphatic carbocycles. The lowest BCUT2D eigenvalue weighted by Gasteiger charge is -2.42. The van der Waals surface area contributed by atoms with Gasteiger partial charge in [0.05, 0.1) is 0 Å². The lowest BCUT2D eigenvalue weighted by Crippen LogP contribution is -2.58. The summed E-state index contributed by atoms with van der Waals surface area (Å²) < 4.78 is 37.2. The first kappa shape index (κ1) is 13.8. The highest BCUT2D eigenvalue weighted by atomic mass is 19.4. The molecule has 1 fully saturated rings. The molecule has 7 heteroatoms. The number of carboxylic acids is 1. The van der Waals surface area contributed by atoms with E-state index in [0.717, 1.165) is 0 Å². The van der Waals surface area contributed by atoms with Gasteiger partial charge in [0.15, 0.2) is 0 Å². The van der Waals surface area contributed by atoms with E-state index < -0.39 is 30.1 Å². The maximum atomic E-state index is 12.4. The van der Waals surface area contributed by atoms with Crippen LogP contribution in [0.4, 0.5) is 13.2 Å². The van der Waals surface area contributed by atoms with Gasteiger partial charge in [0, 0.05) is 6.04 Å². The molecule has 1 aliphatic heterocycles. The van der Waals surface area contributed by atoms with Crippen LogP contribution in [-0.2, 0) is 9.59 Å². The number of carboxylic acid groups (broad SMARTS) is 1. The number of halogens is 3. The van der Waals surface area contributed by atoms with Crippen LogP contribution in [0.1, 0.15) is 26.7 Å². The molecule has 4 nitrogen and oxygen atoms in total. The van der Waals surface area contributed by atoms with Gasteiger partial charge in [0.2, 0.25) is 0 Å². The molecule has 0 radical (unpaired) electrons. The van der Waals surface area contributed by atoms with Crippen molar-refractivity contribution in [1.82, 2.24) is 4.90 Å². The fraction of sp³-hybridized carbons (Fsp3) is 0.800. The van der Waals surface area contributed by atoms with Crippen molar-refractivity contribution >= 4 is 11.9 Å². The molecule has 1 heterocycles. The van der Waals surface area contributed by atoms with E-state index in [4.69, 9.17) is 5.11 Å². The second-order valence-electron chi connectivity index (χ2n) is 4.36. The summed E-state index contributed by atoms with van der Waals surface area (Å²) in [4.78, 5) is 22.6. The van der Waals surface area contributed by atoms with Crippen molar-refractivity contribution in [1.29, 1.82) is 0 Å². The van der Waals surface area contributed by atoms with Crippen LogP contribution in [0.25, 0.3) is 0 Å². The standard InChI is InChI=1S/C10H14F3NO3/c1-5-3-4-7(8(15)16)14(6(5)2)9(17)10(11,12)13/h5-7H,3-4H2,1-2H3,(H,15,16). The first-order valence-electron chi connectivity index (χ1n) is 5.28. The van der Waals surface area contributed by atoms with Gasteiger partial charge in [-0.1, -0.05) is 6.92 Å². The van der Waals surface area contributed by atoms with E-state index in [1.165, 1.54) is 6.92 Å². The van der Waals surface area contributed by atoms with Crippen molar-refractivity contribution in [3.05, 3.63) is 0 Å². The molecule has 1 saturated heterocycles. The summed E-state index contributed by atoms with van der Waals surface area (Å²) in [5, 5.41) is 8.87. The Morgan fingerprint density at radius 3 is 2.18 bits per heavy atom. The molecule has 98 valence electrons. The van der Waals surface area contributed by atoms with Crippen molar-refractivity contribution < 1.29 is 27.9 Å². The fourth-order valence-corrected chi connectivity index (χ4v) is 2.07. The highest BCUT2D eigenvalue weighted by Gasteiger charge is 2.50. The summed E-state index contributed by atoms with van der Waals surface area (Å²) in [6, 6.07) is -2.10. The molecule has 0 aromatic carbocycles. The summed E-state index contributed by atoms with van der Waals surface area (Å²) in [5.41, 5.74) is 0. The Balaban J connectivity index is 3.03. The Bertz CT molecular complexity index is 329. The predicted molar refractivity (Wildman–Crippen MR) is 52.2 cm³/mol. The van der Waals surface area contributed by atoms with Crippen LogP contribution in [0.15, 0.2) is 0 Å². The van der Waals surface area contributed by atoms with Gasteiger partial charge in [-0.15, -0.1) is 0 Å². The minimum atomic E-state index is -5.03. The van der Waals surface area contributed by atoms with Gasteiger partial charge in [-0.3, -0.25) is 4.79 Å². The molecule has 1 amide bonds. The first-order chi connectivity index (χ1) is 7.66. The van der Waals surface area contributed by atoms with Gasteiger partial charge < -0.3 is 10.0 Å². The van der Waals surface area contributed by atoms with Crippen molar-refractivity contribution in [2.75, 3.05) is 0 Å². The molecule has 1 aliphatic rings. The molecular formula is C10H14F3NO3. The number of carbonyl (C=O) groups is 2. The topological polar surface area (TPSA) is 57.6 Å². The zero-order chi connectivity index (χ0) is 13.4. The lowest BCUT2D eigenvalue weighted by atomic mass is 9.87. The molecule has 0 aromatic heterocycles. The van der Waals surface area contributed by atoms with E-state index in [2.05, 4.69) is 0 Å². The smallest absolute Gasteiger partial charge is 0.471 e. The molecule has 0 spiro atoms. The number of piperidine rings is 1. The summed E-state index contributed by atoms with van der Waals surface area (Å²) in [7, 11) is 0. The minimum Gasteiger partial charge on any atom is -0.480 e. The third-order valence-electron chi connectivity index (χ3n) is 3.26. The fourth-order valence-electron chi connectivity index (χ4n) is 2.07. The highest BCUT2D eigenvalue weighted by Crippen LogP contribution is 2.31. The number of hydrogen-bond donors (Lipinski definition) is 1. The zero-order valence-electron chi connectivity index (χ0n) is 9.49. The first-order valence-corrected chi connectivity index (χ1v) is 5.28. The number of nitrogens with zero attached hydrogens (tertiary/aromatic N) is 1. The molecule has 0 saturated carbocycles. The van der Waals surface area contributed by atoms with Crippen LogP contribution in [0.5, 0.6) is 0 Å². The Morgan fingerprint density at radius 1 is 1.24 bits per heavy atom. The molecule has 0 aromatic rings. The monoisotopic (exact) mass is 253 g/mol. The van der Waals surface area contributed by atoms with Crippen LogP contribution in [0, 0.1) is 5.92 Å². The van der Waals surface area contributed by atoms with Crippen molar-refractivity contribution in [2.45, 2.75) is 44.9 Å². The number of rotatable bonds is 1. The van der Waals surface area contributed by atoms with E-state index >= 15 is 0 Å². The molecule has 0 bridgehead atoms. The van der Waals surface area contributed by atoms with E-state index in [-0.39, 0.29) is 12.3 Å². The highest BCUT2D eigenvalue weighted by molar-refractivity contribution is 5.87. The second kappa shape index (κ2) is 4.54. The van der Waals surface area contributed by atoms with Gasteiger partial charge in [-0.2, -0.15) is 13.2 Å². The SMILES string of the molecule is CC1CCC(C(=O)O)N(C(=O)C(F)(F)F)C1C. The molecule has 1 N–H and O–H groups in total. The van der Waals surface area contributed by atoms with E-state index in [9.17, 15) is 22.8 Å². The van der Waals surface area contributed by atoms with Gasteiger partial charge in [-0.25, -0.2) is 4.79 Å². The Hall–Kier alpha value is -1.27. The van der Waals surface area contributed by atoms with Crippen LogP contribution in [0.3, 0.4) is 0 Å². The summed E-state index contributed by atoms with van der Waals surface area (Å²) in [6.45, 7) is 3.16. The number of likely N-dealkylation sites (tertiary alicyclic amines) is 1. The Labute approximate surface area is 96.4 Å². The molecule has 3 atom stereocenters. The largest absolute Gasteiger partial charge is 0.480 e. The number of alkyl halides is 3. The quantitative estimate of drug-likeness (QED) is 0.773. The molecule has 3 unspecified atom stereocenters. The van der Waals surface area contributed by atoms with E-state index in [1.54, 1.807) is 6.92 Å². The average molecular weight is 253 g/mol. The predicted octanol–water partition coefficient (Wildman–Crippen LogP) is 1.65. The summed E-state index contributed by atoms with van der Waals surface area (Å²) >= 11 is 0. The third-order valence-corrected chi connectivity index (χ3v) is 3.26. The summed E-state index contributed by atoms with van der Waals surface area (Å²) in [5.74, 6) is -3.60. The molecule has 1 rings (SSSR count). The Kier molecular flexibility index (Phi) is 3.68. The van der Waals surface area contributed by atoms with Gasteiger partial charge in [-0.05, 0) is 25.7 Å². The van der Waals surface area contributed by atoms with Gasteiger partial charge in [0.1, 0.15) is 6.04 Å². The van der Waals surface area contributed by atoms with Crippen molar-refractivity contribution in [3.8, 4) is 0 Å². The van der Waals surface area contributed by atoms with Crippen molar-refractivity contribution in [3.63, 3.8) is 0 Å². The number of aliphatic carboxylic acids is 1. The second-order valence-corrected chi connectivity index (χ2v) is 4.36. The van der Waals surface area contributed by atoms with Gasteiger partial charge in [0.25, 0.3) is 0 Å². The van der Waals surface area contributed by atoms with Crippen LogP contribution in [-0.4, -0.2) is 40.1 Å². The van der Waals surface area contributed by atoms with E-state index in [1.807, 2.05) is 0 Å². The van der Waals surface area contributed by atoms with Crippen molar-refractivity contribution in [2.24, 2.45) is 5.92 Å². The van der Waals surface area contributed by atoms with Crippen LogP contribution >= 0.6 is 0 Å². The normalized spacial score (nSPS) is 30.2. The third kappa shape index (κ3) is 2.70.